The number of rotatable bonds is 5. The van der Waals surface area contributed by atoms with Gasteiger partial charge in [0.25, 0.3) is 10.0 Å². The lowest BCUT2D eigenvalue weighted by atomic mass is 10.2. The summed E-state index contributed by atoms with van der Waals surface area (Å²) in [6, 6.07) is 12.0. The van der Waals surface area contributed by atoms with Crippen LogP contribution in [0, 0.1) is 5.82 Å². The predicted molar refractivity (Wildman–Crippen MR) is 81.0 cm³/mol. The molecule has 110 valence electrons. The van der Waals surface area contributed by atoms with Gasteiger partial charge >= 0.3 is 0 Å². The smallest absolute Gasteiger partial charge is 0.255 e. The van der Waals surface area contributed by atoms with Crippen LogP contribution in [0.25, 0.3) is 6.08 Å². The van der Waals surface area contributed by atoms with Gasteiger partial charge in [-0.3, -0.25) is 4.72 Å². The molecule has 2 aromatic rings. The second-order valence-electron chi connectivity index (χ2n) is 4.23. The fourth-order valence-electron chi connectivity index (χ4n) is 1.60. The number of hydrogen-bond acceptors (Lipinski definition) is 3. The van der Waals surface area contributed by atoms with Crippen molar-refractivity contribution in [3.8, 4) is 5.75 Å². The molecule has 0 aliphatic rings. The molecule has 0 unspecified atom stereocenters. The molecular weight excluding hydrogens is 293 g/mol. The van der Waals surface area contributed by atoms with Crippen molar-refractivity contribution in [3.63, 3.8) is 0 Å². The number of anilines is 1. The normalized spacial score (nSPS) is 11.5. The molecule has 0 aromatic heterocycles. The molecule has 0 aliphatic heterocycles. The van der Waals surface area contributed by atoms with Gasteiger partial charge in [-0.05, 0) is 48.0 Å². The zero-order valence-electron chi connectivity index (χ0n) is 11.3. The number of hydrogen-bond donors (Lipinski definition) is 1. The minimum absolute atomic E-state index is 0.302. The van der Waals surface area contributed by atoms with Crippen LogP contribution in [0.2, 0.25) is 0 Å². The Morgan fingerprint density at radius 3 is 2.24 bits per heavy atom. The van der Waals surface area contributed by atoms with Crippen LogP contribution in [0.4, 0.5) is 10.1 Å². The highest BCUT2D eigenvalue weighted by molar-refractivity contribution is 7.95. The number of methoxy groups -OCH3 is 1. The SMILES string of the molecule is COc1ccc(/C=C/S(=O)(=O)Nc2ccc(F)cc2)cc1. The maximum atomic E-state index is 12.7. The fraction of sp³-hybridized carbons (Fsp3) is 0.0667. The predicted octanol–water partition coefficient (Wildman–Crippen LogP) is 3.25. The number of benzene rings is 2. The van der Waals surface area contributed by atoms with E-state index in [9.17, 15) is 12.8 Å². The Morgan fingerprint density at radius 1 is 1.05 bits per heavy atom. The van der Waals surface area contributed by atoms with Gasteiger partial charge in [-0.15, -0.1) is 0 Å². The summed E-state index contributed by atoms with van der Waals surface area (Å²) >= 11 is 0. The van der Waals surface area contributed by atoms with E-state index < -0.39 is 15.8 Å². The van der Waals surface area contributed by atoms with Crippen molar-refractivity contribution in [2.45, 2.75) is 0 Å². The first-order valence-corrected chi connectivity index (χ1v) is 7.64. The lowest BCUT2D eigenvalue weighted by Crippen LogP contribution is -2.08. The van der Waals surface area contributed by atoms with Crippen LogP contribution < -0.4 is 9.46 Å². The van der Waals surface area contributed by atoms with E-state index in [1.165, 1.54) is 30.3 Å². The lowest BCUT2D eigenvalue weighted by molar-refractivity contribution is 0.415. The molecule has 0 amide bonds. The van der Waals surface area contributed by atoms with Crippen molar-refractivity contribution in [2.24, 2.45) is 0 Å². The standard InChI is InChI=1S/C15H14FNO3S/c1-20-15-8-2-12(3-9-15)10-11-21(18,19)17-14-6-4-13(16)5-7-14/h2-11,17H,1H3/b11-10+. The molecule has 0 atom stereocenters. The first-order valence-electron chi connectivity index (χ1n) is 6.09. The van der Waals surface area contributed by atoms with Crippen LogP contribution in [0.15, 0.2) is 53.9 Å². The van der Waals surface area contributed by atoms with Crippen LogP contribution in [0.5, 0.6) is 5.75 Å². The molecule has 0 heterocycles. The van der Waals surface area contributed by atoms with Gasteiger partial charge in [-0.2, -0.15) is 0 Å². The highest BCUT2D eigenvalue weighted by Crippen LogP contribution is 2.14. The average molecular weight is 307 g/mol. The van der Waals surface area contributed by atoms with Gasteiger partial charge in [0.05, 0.1) is 12.5 Å². The molecule has 0 spiro atoms. The van der Waals surface area contributed by atoms with Crippen molar-refractivity contribution in [2.75, 3.05) is 11.8 Å². The largest absolute Gasteiger partial charge is 0.497 e. The van der Waals surface area contributed by atoms with Crippen LogP contribution in [-0.2, 0) is 10.0 Å². The van der Waals surface area contributed by atoms with E-state index in [1.807, 2.05) is 0 Å². The molecular formula is C15H14FNO3S. The summed E-state index contributed by atoms with van der Waals surface area (Å²) in [7, 11) is -2.09. The zero-order valence-corrected chi connectivity index (χ0v) is 12.1. The van der Waals surface area contributed by atoms with Gasteiger partial charge in [0.2, 0.25) is 0 Å². The molecule has 0 fully saturated rings. The van der Waals surface area contributed by atoms with Gasteiger partial charge in [-0.25, -0.2) is 12.8 Å². The number of nitrogens with one attached hydrogen (secondary N) is 1. The lowest BCUT2D eigenvalue weighted by Gasteiger charge is -2.04. The molecule has 0 saturated heterocycles. The summed E-state index contributed by atoms with van der Waals surface area (Å²) in [5, 5.41) is 1.05. The maximum absolute atomic E-state index is 12.7. The van der Waals surface area contributed by atoms with Crippen LogP contribution in [-0.4, -0.2) is 15.5 Å². The molecule has 2 aromatic carbocycles. The topological polar surface area (TPSA) is 55.4 Å². The summed E-state index contributed by atoms with van der Waals surface area (Å²) in [4.78, 5) is 0. The Morgan fingerprint density at radius 2 is 1.67 bits per heavy atom. The third kappa shape index (κ3) is 4.61. The third-order valence-corrected chi connectivity index (χ3v) is 3.67. The van der Waals surface area contributed by atoms with Gasteiger partial charge in [0.15, 0.2) is 0 Å². The van der Waals surface area contributed by atoms with E-state index in [2.05, 4.69) is 4.72 Å². The van der Waals surface area contributed by atoms with Crippen LogP contribution in [0.1, 0.15) is 5.56 Å². The highest BCUT2D eigenvalue weighted by atomic mass is 32.2. The van der Waals surface area contributed by atoms with Gasteiger partial charge in [0, 0.05) is 5.69 Å². The molecule has 0 saturated carbocycles. The molecule has 4 nitrogen and oxygen atoms in total. The number of ether oxygens (including phenoxy) is 1. The van der Waals surface area contributed by atoms with Gasteiger partial charge < -0.3 is 4.74 Å². The fourth-order valence-corrected chi connectivity index (χ4v) is 2.47. The zero-order chi connectivity index (χ0) is 15.3. The highest BCUT2D eigenvalue weighted by Gasteiger charge is 2.05. The molecule has 0 radical (unpaired) electrons. The maximum Gasteiger partial charge on any atom is 0.255 e. The van der Waals surface area contributed by atoms with Gasteiger partial charge in [-0.1, -0.05) is 12.1 Å². The molecule has 0 bridgehead atoms. The van der Waals surface area contributed by atoms with Crippen molar-refractivity contribution < 1.29 is 17.5 Å². The summed E-state index contributed by atoms with van der Waals surface area (Å²) in [6.07, 6.45) is 1.46. The Kier molecular flexibility index (Phi) is 4.59. The summed E-state index contributed by atoms with van der Waals surface area (Å²) < 4.78 is 43.8. The third-order valence-electron chi connectivity index (χ3n) is 2.66. The average Bonchev–Trinajstić information content (AvgIpc) is 2.48. The van der Waals surface area contributed by atoms with E-state index >= 15 is 0 Å². The van der Waals surface area contributed by atoms with Crippen LogP contribution in [0.3, 0.4) is 0 Å². The second kappa shape index (κ2) is 6.41. The van der Waals surface area contributed by atoms with Crippen molar-refractivity contribution in [3.05, 3.63) is 65.3 Å². The van der Waals surface area contributed by atoms with Crippen molar-refractivity contribution in [1.82, 2.24) is 0 Å². The van der Waals surface area contributed by atoms with Crippen molar-refractivity contribution >= 4 is 21.8 Å². The first-order chi connectivity index (χ1) is 9.98. The van der Waals surface area contributed by atoms with E-state index in [0.717, 1.165) is 11.0 Å². The Bertz CT molecular complexity index is 723. The summed E-state index contributed by atoms with van der Waals surface area (Å²) in [5.74, 6) is 0.270. The van der Waals surface area contributed by atoms with Gasteiger partial charge in [0.1, 0.15) is 11.6 Å². The number of halogens is 1. The monoisotopic (exact) mass is 307 g/mol. The minimum atomic E-state index is -3.65. The first kappa shape index (κ1) is 15.1. The van der Waals surface area contributed by atoms with E-state index in [0.29, 0.717) is 11.4 Å². The second-order valence-corrected chi connectivity index (χ2v) is 5.80. The molecule has 1 N–H and O–H groups in total. The molecule has 21 heavy (non-hydrogen) atoms. The summed E-state index contributed by atoms with van der Waals surface area (Å²) in [6.45, 7) is 0. The molecule has 6 heteroatoms. The Labute approximate surface area is 122 Å². The Hall–Kier alpha value is -2.34. The Balaban J connectivity index is 2.08. The van der Waals surface area contributed by atoms with E-state index in [1.54, 1.807) is 31.4 Å². The molecule has 0 aliphatic carbocycles. The quantitative estimate of drug-likeness (QED) is 0.922. The van der Waals surface area contributed by atoms with E-state index in [-0.39, 0.29) is 0 Å². The number of sulfonamides is 1. The van der Waals surface area contributed by atoms with Crippen molar-refractivity contribution in [1.29, 1.82) is 0 Å². The van der Waals surface area contributed by atoms with E-state index in [4.69, 9.17) is 4.74 Å². The van der Waals surface area contributed by atoms with Crippen LogP contribution >= 0.6 is 0 Å². The minimum Gasteiger partial charge on any atom is -0.497 e. The summed E-state index contributed by atoms with van der Waals surface area (Å²) in [5.41, 5.74) is 1.02. The molecule has 2 rings (SSSR count).